The van der Waals surface area contributed by atoms with E-state index in [1.807, 2.05) is 0 Å². The monoisotopic (exact) mass is 242 g/mol. The number of anilines is 1. The first-order valence-corrected chi connectivity index (χ1v) is 5.05. The Morgan fingerprint density at radius 2 is 2.29 bits per heavy atom. The molecule has 2 N–H and O–H groups in total. The van der Waals surface area contributed by atoms with Gasteiger partial charge in [0.15, 0.2) is 0 Å². The van der Waals surface area contributed by atoms with Crippen LogP contribution in [-0.4, -0.2) is 31.8 Å². The Morgan fingerprint density at radius 1 is 1.71 bits per heavy atom. The third-order valence-electron chi connectivity index (χ3n) is 2.39. The molecule has 1 aromatic heterocycles. The molecule has 1 rings (SSSR count). The fourth-order valence-corrected chi connectivity index (χ4v) is 1.53. The van der Waals surface area contributed by atoms with Crippen molar-refractivity contribution in [2.75, 3.05) is 5.32 Å². The van der Waals surface area contributed by atoms with Gasteiger partial charge >= 0.3 is 11.7 Å². The lowest BCUT2D eigenvalue weighted by atomic mass is 10.2. The molecule has 94 valence electrons. The highest BCUT2D eigenvalue weighted by Crippen LogP contribution is 2.28. The molecule has 8 heteroatoms. The summed E-state index contributed by atoms with van der Waals surface area (Å²) in [5, 5.41) is 26.3. The van der Waals surface area contributed by atoms with Gasteiger partial charge in [-0.05, 0) is 13.3 Å². The van der Waals surface area contributed by atoms with Gasteiger partial charge in [0.1, 0.15) is 11.7 Å². The van der Waals surface area contributed by atoms with Gasteiger partial charge in [-0.2, -0.15) is 5.10 Å². The molecular weight excluding hydrogens is 228 g/mol. The van der Waals surface area contributed by atoms with Crippen LogP contribution in [0, 0.1) is 17.0 Å². The summed E-state index contributed by atoms with van der Waals surface area (Å²) in [7, 11) is 1.52. The van der Waals surface area contributed by atoms with Crippen molar-refractivity contribution in [1.29, 1.82) is 0 Å². The maximum absolute atomic E-state index is 10.9. The largest absolute Gasteiger partial charge is 0.480 e. The lowest BCUT2D eigenvalue weighted by Crippen LogP contribution is -2.29. The number of carboxylic acid groups (broad SMARTS) is 1. The second-order valence-electron chi connectivity index (χ2n) is 3.61. The Kier molecular flexibility index (Phi) is 3.66. The van der Waals surface area contributed by atoms with Crippen LogP contribution in [0.2, 0.25) is 0 Å². The van der Waals surface area contributed by atoms with E-state index in [1.54, 1.807) is 6.92 Å². The second-order valence-corrected chi connectivity index (χ2v) is 3.61. The number of nitrogens with one attached hydrogen (secondary N) is 1. The molecule has 0 saturated heterocycles. The maximum Gasteiger partial charge on any atom is 0.333 e. The summed E-state index contributed by atoms with van der Waals surface area (Å²) in [5.41, 5.74) is 0.0624. The average molecular weight is 242 g/mol. The van der Waals surface area contributed by atoms with Crippen molar-refractivity contribution >= 4 is 17.5 Å². The predicted octanol–water partition coefficient (Wildman–Crippen LogP) is 0.912. The number of carboxylic acids is 1. The van der Waals surface area contributed by atoms with Crippen molar-refractivity contribution in [3.05, 3.63) is 15.8 Å². The number of aromatic nitrogens is 2. The molecule has 1 heterocycles. The Morgan fingerprint density at radius 3 is 2.71 bits per heavy atom. The van der Waals surface area contributed by atoms with Crippen LogP contribution in [0.15, 0.2) is 0 Å². The number of aliphatic carboxylic acids is 1. The van der Waals surface area contributed by atoms with Crippen LogP contribution in [0.5, 0.6) is 0 Å². The van der Waals surface area contributed by atoms with Crippen LogP contribution in [0.1, 0.15) is 19.0 Å². The Bertz CT molecular complexity index is 454. The summed E-state index contributed by atoms with van der Waals surface area (Å²) >= 11 is 0. The molecule has 0 fully saturated rings. The minimum atomic E-state index is -1.05. The fourth-order valence-electron chi connectivity index (χ4n) is 1.53. The van der Waals surface area contributed by atoms with E-state index in [0.29, 0.717) is 6.42 Å². The van der Waals surface area contributed by atoms with Gasteiger partial charge in [-0.1, -0.05) is 6.92 Å². The van der Waals surface area contributed by atoms with Gasteiger partial charge in [-0.15, -0.1) is 0 Å². The molecule has 0 amide bonds. The van der Waals surface area contributed by atoms with E-state index in [2.05, 4.69) is 10.4 Å². The van der Waals surface area contributed by atoms with Crippen molar-refractivity contribution in [3.63, 3.8) is 0 Å². The third-order valence-corrected chi connectivity index (χ3v) is 2.39. The van der Waals surface area contributed by atoms with E-state index in [-0.39, 0.29) is 17.2 Å². The van der Waals surface area contributed by atoms with Crippen molar-refractivity contribution in [2.45, 2.75) is 26.3 Å². The Labute approximate surface area is 97.4 Å². The fraction of sp³-hybridized carbons (Fsp3) is 0.556. The number of aryl methyl sites for hydroxylation is 2. The van der Waals surface area contributed by atoms with Crippen molar-refractivity contribution < 1.29 is 14.8 Å². The lowest BCUT2D eigenvalue weighted by Gasteiger charge is -2.12. The first kappa shape index (κ1) is 12.9. The minimum Gasteiger partial charge on any atom is -0.480 e. The molecule has 0 radical (unpaired) electrons. The van der Waals surface area contributed by atoms with E-state index in [1.165, 1.54) is 18.7 Å². The van der Waals surface area contributed by atoms with Gasteiger partial charge in [-0.3, -0.25) is 10.1 Å². The van der Waals surface area contributed by atoms with Gasteiger partial charge in [-0.25, -0.2) is 9.48 Å². The molecule has 0 aromatic carbocycles. The zero-order valence-electron chi connectivity index (χ0n) is 9.80. The standard InChI is InChI=1S/C9H14N4O4/c1-4-6(9(14)15)10-8-7(13(16)17)5(2)11-12(8)3/h6,10H,4H2,1-3H3,(H,14,15). The quantitative estimate of drug-likeness (QED) is 0.586. The SMILES string of the molecule is CCC(Nc1c([N+](=O)[O-])c(C)nn1C)C(=O)O. The number of nitrogens with zero attached hydrogens (tertiary/aromatic N) is 3. The van der Waals surface area contributed by atoms with Gasteiger partial charge in [0.25, 0.3) is 0 Å². The van der Waals surface area contributed by atoms with Gasteiger partial charge < -0.3 is 10.4 Å². The zero-order valence-corrected chi connectivity index (χ0v) is 9.80. The molecule has 0 spiro atoms. The smallest absolute Gasteiger partial charge is 0.333 e. The molecular formula is C9H14N4O4. The summed E-state index contributed by atoms with van der Waals surface area (Å²) in [6.07, 6.45) is 0.316. The Hall–Kier alpha value is -2.12. The number of rotatable bonds is 5. The number of hydrogen-bond donors (Lipinski definition) is 2. The average Bonchev–Trinajstić information content (AvgIpc) is 2.49. The van der Waals surface area contributed by atoms with Gasteiger partial charge in [0, 0.05) is 7.05 Å². The molecule has 0 saturated carbocycles. The molecule has 1 aromatic rings. The molecule has 0 aliphatic rings. The third kappa shape index (κ3) is 2.52. The molecule has 0 aliphatic carbocycles. The lowest BCUT2D eigenvalue weighted by molar-refractivity contribution is -0.384. The van der Waals surface area contributed by atoms with Crippen LogP contribution >= 0.6 is 0 Å². The highest BCUT2D eigenvalue weighted by atomic mass is 16.6. The van der Waals surface area contributed by atoms with Gasteiger partial charge in [0.05, 0.1) is 4.92 Å². The van der Waals surface area contributed by atoms with Crippen molar-refractivity contribution in [1.82, 2.24) is 9.78 Å². The molecule has 17 heavy (non-hydrogen) atoms. The summed E-state index contributed by atoms with van der Waals surface area (Å²) in [5.74, 6) is -0.942. The van der Waals surface area contributed by atoms with Crippen LogP contribution < -0.4 is 5.32 Å². The zero-order chi connectivity index (χ0) is 13.2. The summed E-state index contributed by atoms with van der Waals surface area (Å²) in [4.78, 5) is 21.2. The summed E-state index contributed by atoms with van der Waals surface area (Å²) in [6, 6.07) is -0.872. The predicted molar refractivity (Wildman–Crippen MR) is 59.9 cm³/mol. The van der Waals surface area contributed by atoms with E-state index in [4.69, 9.17) is 5.11 Å². The van der Waals surface area contributed by atoms with Crippen LogP contribution in [0.25, 0.3) is 0 Å². The van der Waals surface area contributed by atoms with E-state index < -0.39 is 16.9 Å². The second kappa shape index (κ2) is 4.81. The highest BCUT2D eigenvalue weighted by molar-refractivity contribution is 5.78. The molecule has 8 nitrogen and oxygen atoms in total. The number of carbonyl (C=O) groups is 1. The molecule has 0 bridgehead atoms. The highest BCUT2D eigenvalue weighted by Gasteiger charge is 2.27. The normalized spacial score (nSPS) is 12.2. The van der Waals surface area contributed by atoms with Crippen LogP contribution in [-0.2, 0) is 11.8 Å². The van der Waals surface area contributed by atoms with Crippen LogP contribution in [0.4, 0.5) is 11.5 Å². The van der Waals surface area contributed by atoms with E-state index in [9.17, 15) is 14.9 Å². The van der Waals surface area contributed by atoms with Crippen LogP contribution in [0.3, 0.4) is 0 Å². The topological polar surface area (TPSA) is 110 Å². The van der Waals surface area contributed by atoms with E-state index in [0.717, 1.165) is 0 Å². The Balaban J connectivity index is 3.13. The molecule has 1 atom stereocenters. The van der Waals surface area contributed by atoms with E-state index >= 15 is 0 Å². The van der Waals surface area contributed by atoms with Gasteiger partial charge in [0.2, 0.25) is 5.82 Å². The maximum atomic E-state index is 10.9. The first-order valence-electron chi connectivity index (χ1n) is 5.05. The van der Waals surface area contributed by atoms with Crippen molar-refractivity contribution in [2.24, 2.45) is 7.05 Å². The summed E-state index contributed by atoms with van der Waals surface area (Å²) in [6.45, 7) is 3.19. The minimum absolute atomic E-state index is 0.113. The summed E-state index contributed by atoms with van der Waals surface area (Å²) < 4.78 is 1.28. The number of hydrogen-bond acceptors (Lipinski definition) is 5. The number of nitro groups is 1. The van der Waals surface area contributed by atoms with Crippen molar-refractivity contribution in [3.8, 4) is 0 Å². The first-order chi connectivity index (χ1) is 7.88. The molecule has 0 aliphatic heterocycles. The molecule has 1 unspecified atom stereocenters.